The van der Waals surface area contributed by atoms with Crippen LogP contribution in [-0.2, 0) is 9.59 Å². The topological polar surface area (TPSA) is 79.4 Å². The molecule has 6 nitrogen and oxygen atoms in total. The summed E-state index contributed by atoms with van der Waals surface area (Å²) >= 11 is 0. The van der Waals surface area contributed by atoms with E-state index in [9.17, 15) is 14.4 Å². The third kappa shape index (κ3) is 3.32. The first-order chi connectivity index (χ1) is 10.6. The molecule has 0 aromatic carbocycles. The number of rotatable bonds is 4. The summed E-state index contributed by atoms with van der Waals surface area (Å²) in [6, 6.07) is 3.04. The number of piperidine rings is 1. The van der Waals surface area contributed by atoms with Crippen molar-refractivity contribution < 1.29 is 14.4 Å². The molecule has 22 heavy (non-hydrogen) atoms. The van der Waals surface area contributed by atoms with Crippen molar-refractivity contribution in [2.45, 2.75) is 31.7 Å². The quantitative estimate of drug-likeness (QED) is 0.658. The molecule has 0 radical (unpaired) electrons. The summed E-state index contributed by atoms with van der Waals surface area (Å²) in [6.07, 6.45) is 6.53. The first-order valence-corrected chi connectivity index (χ1v) is 7.69. The second-order valence-corrected chi connectivity index (χ2v) is 5.94. The predicted octanol–water partition coefficient (Wildman–Crippen LogP) is 0.781. The van der Waals surface area contributed by atoms with E-state index in [0.29, 0.717) is 6.54 Å². The van der Waals surface area contributed by atoms with Crippen LogP contribution in [0.25, 0.3) is 0 Å². The Bertz CT molecular complexity index is 584. The van der Waals surface area contributed by atoms with Gasteiger partial charge in [-0.2, -0.15) is 0 Å². The molecule has 1 atom stereocenters. The van der Waals surface area contributed by atoms with Gasteiger partial charge in [0.05, 0.1) is 0 Å². The van der Waals surface area contributed by atoms with Crippen molar-refractivity contribution in [2.24, 2.45) is 5.92 Å². The number of likely N-dealkylation sites (tertiary alicyclic amines) is 1. The van der Waals surface area contributed by atoms with Crippen LogP contribution in [0.1, 0.15) is 36.0 Å². The number of hydrogen-bond acceptors (Lipinski definition) is 4. The van der Waals surface area contributed by atoms with Gasteiger partial charge in [-0.1, -0.05) is 0 Å². The number of carbonyl (C=O) groups excluding carboxylic acids is 3. The highest BCUT2D eigenvalue weighted by Gasteiger charge is 2.35. The molecule has 0 unspecified atom stereocenters. The minimum absolute atomic E-state index is 0.149. The summed E-state index contributed by atoms with van der Waals surface area (Å²) in [7, 11) is 0. The Balaban J connectivity index is 1.56. The summed E-state index contributed by atoms with van der Waals surface area (Å²) < 4.78 is 0. The third-order valence-corrected chi connectivity index (χ3v) is 4.12. The molecule has 2 amide bonds. The van der Waals surface area contributed by atoms with Gasteiger partial charge in [-0.05, 0) is 37.8 Å². The van der Waals surface area contributed by atoms with Gasteiger partial charge < -0.3 is 10.2 Å². The fourth-order valence-corrected chi connectivity index (χ4v) is 2.76. The zero-order chi connectivity index (χ0) is 15.5. The highest BCUT2D eigenvalue weighted by Crippen LogP contribution is 2.31. The van der Waals surface area contributed by atoms with E-state index in [1.54, 1.807) is 18.3 Å². The predicted molar refractivity (Wildman–Crippen MR) is 79.0 cm³/mol. The maximum absolute atomic E-state index is 12.1. The Labute approximate surface area is 128 Å². The molecule has 1 aromatic rings. The van der Waals surface area contributed by atoms with Gasteiger partial charge in [0.15, 0.2) is 0 Å². The molecule has 3 rings (SSSR count). The SMILES string of the molecule is O=C(N[C@H]1CCCN(C(=O)C2CC2)C1)C(=O)c1cccnc1. The number of Topliss-reactive ketones (excluding diaryl/α,β-unsaturated/α-hetero) is 1. The number of hydrogen-bond donors (Lipinski definition) is 1. The van der Waals surface area contributed by atoms with E-state index >= 15 is 0 Å². The van der Waals surface area contributed by atoms with E-state index in [1.807, 2.05) is 4.90 Å². The van der Waals surface area contributed by atoms with Gasteiger partial charge in [0, 0.05) is 43.0 Å². The zero-order valence-corrected chi connectivity index (χ0v) is 12.3. The van der Waals surface area contributed by atoms with Crippen molar-refractivity contribution >= 4 is 17.6 Å². The van der Waals surface area contributed by atoms with Gasteiger partial charge in [-0.25, -0.2) is 0 Å². The summed E-state index contributed by atoms with van der Waals surface area (Å²) in [4.78, 5) is 41.8. The molecule has 0 bridgehead atoms. The molecule has 1 aliphatic heterocycles. The lowest BCUT2D eigenvalue weighted by atomic mass is 10.0. The monoisotopic (exact) mass is 301 g/mol. The van der Waals surface area contributed by atoms with Crippen LogP contribution in [0.2, 0.25) is 0 Å². The Hall–Kier alpha value is -2.24. The van der Waals surface area contributed by atoms with Crippen LogP contribution in [-0.4, -0.2) is 46.6 Å². The van der Waals surface area contributed by atoms with Crippen molar-refractivity contribution in [2.75, 3.05) is 13.1 Å². The molecule has 0 spiro atoms. The molecule has 116 valence electrons. The minimum atomic E-state index is -0.626. The molecule has 1 saturated carbocycles. The van der Waals surface area contributed by atoms with Crippen LogP contribution in [0.5, 0.6) is 0 Å². The summed E-state index contributed by atoms with van der Waals surface area (Å²) in [6.45, 7) is 1.25. The lowest BCUT2D eigenvalue weighted by Gasteiger charge is -2.33. The number of pyridine rings is 1. The van der Waals surface area contributed by atoms with E-state index in [1.165, 1.54) is 6.20 Å². The van der Waals surface area contributed by atoms with E-state index in [-0.39, 0.29) is 23.4 Å². The maximum Gasteiger partial charge on any atom is 0.292 e. The van der Waals surface area contributed by atoms with Gasteiger partial charge >= 0.3 is 0 Å². The average molecular weight is 301 g/mol. The number of aromatic nitrogens is 1. The molecule has 2 aliphatic rings. The van der Waals surface area contributed by atoms with Crippen LogP contribution in [0.15, 0.2) is 24.5 Å². The third-order valence-electron chi connectivity index (χ3n) is 4.12. The summed E-state index contributed by atoms with van der Waals surface area (Å²) in [5, 5.41) is 2.75. The van der Waals surface area contributed by atoms with E-state index in [0.717, 1.165) is 32.2 Å². The Morgan fingerprint density at radius 3 is 2.73 bits per heavy atom. The fraction of sp³-hybridized carbons (Fsp3) is 0.500. The Kier molecular flexibility index (Phi) is 4.18. The van der Waals surface area contributed by atoms with Crippen molar-refractivity contribution in [3.63, 3.8) is 0 Å². The second kappa shape index (κ2) is 6.25. The zero-order valence-electron chi connectivity index (χ0n) is 12.3. The van der Waals surface area contributed by atoms with Gasteiger partial charge in [0.25, 0.3) is 11.7 Å². The molecule has 1 N–H and O–H groups in total. The van der Waals surface area contributed by atoms with Gasteiger partial charge in [-0.3, -0.25) is 19.4 Å². The highest BCUT2D eigenvalue weighted by molar-refractivity contribution is 6.42. The van der Waals surface area contributed by atoms with Crippen LogP contribution in [0.4, 0.5) is 0 Å². The van der Waals surface area contributed by atoms with Crippen molar-refractivity contribution in [3.8, 4) is 0 Å². The smallest absolute Gasteiger partial charge is 0.292 e. The average Bonchev–Trinajstić information content (AvgIpc) is 3.39. The molecule has 1 aliphatic carbocycles. The molecule has 1 aromatic heterocycles. The minimum Gasteiger partial charge on any atom is -0.345 e. The lowest BCUT2D eigenvalue weighted by molar-refractivity contribution is -0.134. The molecule has 6 heteroatoms. The van der Waals surface area contributed by atoms with E-state index in [4.69, 9.17) is 0 Å². The Morgan fingerprint density at radius 2 is 2.05 bits per heavy atom. The standard InChI is InChI=1S/C16H19N3O3/c20-14(12-3-1-7-17-9-12)15(21)18-13-4-2-8-19(10-13)16(22)11-5-6-11/h1,3,7,9,11,13H,2,4-6,8,10H2,(H,18,21)/t13-/m0/s1. The second-order valence-electron chi connectivity index (χ2n) is 5.94. The number of nitrogens with one attached hydrogen (secondary N) is 1. The van der Waals surface area contributed by atoms with E-state index in [2.05, 4.69) is 10.3 Å². The first-order valence-electron chi connectivity index (χ1n) is 7.69. The van der Waals surface area contributed by atoms with Gasteiger partial charge in [0.2, 0.25) is 5.91 Å². The van der Waals surface area contributed by atoms with Gasteiger partial charge in [-0.15, -0.1) is 0 Å². The fourth-order valence-electron chi connectivity index (χ4n) is 2.76. The number of ketones is 1. The van der Waals surface area contributed by atoms with Crippen LogP contribution in [0, 0.1) is 5.92 Å². The molecular weight excluding hydrogens is 282 g/mol. The molecule has 1 saturated heterocycles. The summed E-state index contributed by atoms with van der Waals surface area (Å²) in [5.41, 5.74) is 0.279. The molecular formula is C16H19N3O3. The maximum atomic E-state index is 12.1. The van der Waals surface area contributed by atoms with Crippen molar-refractivity contribution in [1.29, 1.82) is 0 Å². The first kappa shape index (κ1) is 14.7. The van der Waals surface area contributed by atoms with Crippen LogP contribution < -0.4 is 5.32 Å². The van der Waals surface area contributed by atoms with Crippen molar-refractivity contribution in [1.82, 2.24) is 15.2 Å². The largest absolute Gasteiger partial charge is 0.345 e. The highest BCUT2D eigenvalue weighted by atomic mass is 16.2. The van der Waals surface area contributed by atoms with Crippen LogP contribution in [0.3, 0.4) is 0 Å². The van der Waals surface area contributed by atoms with Crippen LogP contribution >= 0.6 is 0 Å². The van der Waals surface area contributed by atoms with E-state index < -0.39 is 11.7 Å². The Morgan fingerprint density at radius 1 is 1.23 bits per heavy atom. The molecule has 2 heterocycles. The number of carbonyl (C=O) groups is 3. The summed E-state index contributed by atoms with van der Waals surface area (Å²) in [5.74, 6) is -0.832. The number of amides is 2. The van der Waals surface area contributed by atoms with Gasteiger partial charge in [0.1, 0.15) is 0 Å². The van der Waals surface area contributed by atoms with Crippen molar-refractivity contribution in [3.05, 3.63) is 30.1 Å². The number of nitrogens with zero attached hydrogens (tertiary/aromatic N) is 2. The molecule has 2 fully saturated rings. The normalized spacial score (nSPS) is 21.3. The lowest BCUT2D eigenvalue weighted by Crippen LogP contribution is -2.51.